The minimum atomic E-state index is -0.842. The van der Waals surface area contributed by atoms with E-state index in [4.69, 9.17) is 14.9 Å². The Bertz CT molecular complexity index is 413. The molecule has 0 radical (unpaired) electrons. The van der Waals surface area contributed by atoms with Gasteiger partial charge in [0.1, 0.15) is 4.88 Å². The normalized spacial score (nSPS) is 17.7. The van der Waals surface area contributed by atoms with Crippen molar-refractivity contribution in [2.45, 2.75) is 25.5 Å². The molecule has 0 atom stereocenters. The topological polar surface area (TPSA) is 70.0 Å². The van der Waals surface area contributed by atoms with Crippen molar-refractivity contribution >= 4 is 17.3 Å². The lowest BCUT2D eigenvalue weighted by atomic mass is 10.1. The van der Waals surface area contributed by atoms with Crippen LogP contribution in [0.3, 0.4) is 0 Å². The predicted octanol–water partition coefficient (Wildman–Crippen LogP) is 1.42. The average molecular weight is 285 g/mol. The molecular weight excluding hydrogens is 266 g/mol. The number of likely N-dealkylation sites (tertiary alicyclic amines) is 1. The number of carbonyl (C=O) groups is 1. The molecule has 6 heteroatoms. The number of aliphatic hydroxyl groups excluding tert-OH is 1. The van der Waals surface area contributed by atoms with E-state index in [1.165, 1.54) is 11.3 Å². The third-order valence-corrected chi connectivity index (χ3v) is 4.26. The summed E-state index contributed by atoms with van der Waals surface area (Å²) in [5.41, 5.74) is 0.896. The first-order valence-corrected chi connectivity index (χ1v) is 7.33. The SMILES string of the molecule is O=C(O)c1sccc1CN1CCC(OCCO)CC1. The predicted molar refractivity (Wildman–Crippen MR) is 72.6 cm³/mol. The molecule has 0 aliphatic carbocycles. The van der Waals surface area contributed by atoms with Crippen LogP contribution in [0.25, 0.3) is 0 Å². The summed E-state index contributed by atoms with van der Waals surface area (Å²) >= 11 is 1.28. The minimum absolute atomic E-state index is 0.0666. The first kappa shape index (κ1) is 14.5. The smallest absolute Gasteiger partial charge is 0.346 e. The van der Waals surface area contributed by atoms with Crippen LogP contribution in [0.2, 0.25) is 0 Å². The van der Waals surface area contributed by atoms with Gasteiger partial charge in [-0.1, -0.05) is 0 Å². The average Bonchev–Trinajstić information content (AvgIpc) is 2.86. The molecule has 0 bridgehead atoms. The zero-order chi connectivity index (χ0) is 13.7. The summed E-state index contributed by atoms with van der Waals surface area (Å²) < 4.78 is 5.51. The number of hydrogen-bond donors (Lipinski definition) is 2. The van der Waals surface area contributed by atoms with Crippen LogP contribution in [0.15, 0.2) is 11.4 Å². The Morgan fingerprint density at radius 2 is 2.21 bits per heavy atom. The summed E-state index contributed by atoms with van der Waals surface area (Å²) in [5, 5.41) is 19.6. The number of rotatable bonds is 6. The second kappa shape index (κ2) is 7.00. The quantitative estimate of drug-likeness (QED) is 0.827. The number of hydrogen-bond acceptors (Lipinski definition) is 5. The van der Waals surface area contributed by atoms with Gasteiger partial charge in [0.25, 0.3) is 0 Å². The van der Waals surface area contributed by atoms with Gasteiger partial charge in [-0.15, -0.1) is 11.3 Å². The van der Waals surface area contributed by atoms with Gasteiger partial charge in [0.15, 0.2) is 0 Å². The molecule has 1 saturated heterocycles. The third-order valence-electron chi connectivity index (χ3n) is 3.31. The molecule has 0 unspecified atom stereocenters. The maximum atomic E-state index is 11.0. The van der Waals surface area contributed by atoms with Crippen molar-refractivity contribution in [1.29, 1.82) is 0 Å². The zero-order valence-electron chi connectivity index (χ0n) is 10.7. The molecule has 1 fully saturated rings. The molecule has 0 spiro atoms. The van der Waals surface area contributed by atoms with Crippen molar-refractivity contribution in [3.8, 4) is 0 Å². The molecule has 1 aliphatic heterocycles. The van der Waals surface area contributed by atoms with Crippen LogP contribution in [-0.4, -0.2) is 53.5 Å². The van der Waals surface area contributed by atoms with Crippen molar-refractivity contribution < 1.29 is 19.7 Å². The number of nitrogens with zero attached hydrogens (tertiary/aromatic N) is 1. The second-order valence-electron chi connectivity index (χ2n) is 4.65. The van der Waals surface area contributed by atoms with E-state index in [1.807, 2.05) is 11.4 Å². The highest BCUT2D eigenvalue weighted by atomic mass is 32.1. The fourth-order valence-electron chi connectivity index (χ4n) is 2.34. The van der Waals surface area contributed by atoms with Crippen LogP contribution in [0.5, 0.6) is 0 Å². The Kier molecular flexibility index (Phi) is 5.33. The highest BCUT2D eigenvalue weighted by Crippen LogP contribution is 2.21. The number of carboxylic acid groups (broad SMARTS) is 1. The second-order valence-corrected chi connectivity index (χ2v) is 5.57. The van der Waals surface area contributed by atoms with Crippen molar-refractivity contribution in [1.82, 2.24) is 4.90 Å². The summed E-state index contributed by atoms with van der Waals surface area (Å²) in [6, 6.07) is 1.89. The van der Waals surface area contributed by atoms with E-state index >= 15 is 0 Å². The number of carboxylic acids is 1. The van der Waals surface area contributed by atoms with Gasteiger partial charge in [0, 0.05) is 19.6 Å². The Morgan fingerprint density at radius 1 is 1.47 bits per heavy atom. The van der Waals surface area contributed by atoms with E-state index in [9.17, 15) is 4.79 Å². The van der Waals surface area contributed by atoms with Crippen molar-refractivity contribution in [3.63, 3.8) is 0 Å². The van der Waals surface area contributed by atoms with Gasteiger partial charge < -0.3 is 14.9 Å². The molecule has 0 saturated carbocycles. The van der Waals surface area contributed by atoms with Crippen LogP contribution in [-0.2, 0) is 11.3 Å². The van der Waals surface area contributed by atoms with E-state index in [0.29, 0.717) is 18.0 Å². The Balaban J connectivity index is 1.82. The maximum Gasteiger partial charge on any atom is 0.346 e. The van der Waals surface area contributed by atoms with E-state index < -0.39 is 5.97 Å². The van der Waals surface area contributed by atoms with Gasteiger partial charge in [-0.2, -0.15) is 0 Å². The molecule has 19 heavy (non-hydrogen) atoms. The van der Waals surface area contributed by atoms with E-state index in [1.54, 1.807) is 0 Å². The van der Waals surface area contributed by atoms with Crippen LogP contribution in [0, 0.1) is 0 Å². The van der Waals surface area contributed by atoms with Gasteiger partial charge in [-0.3, -0.25) is 4.90 Å². The first-order chi connectivity index (χ1) is 9.20. The third kappa shape index (κ3) is 4.01. The number of aromatic carboxylic acids is 1. The molecule has 2 heterocycles. The minimum Gasteiger partial charge on any atom is -0.477 e. The van der Waals surface area contributed by atoms with Crippen molar-refractivity contribution in [2.75, 3.05) is 26.3 Å². The van der Waals surface area contributed by atoms with Crippen molar-refractivity contribution in [2.24, 2.45) is 0 Å². The Morgan fingerprint density at radius 3 is 2.84 bits per heavy atom. The molecular formula is C13H19NO4S. The summed E-state index contributed by atoms with van der Waals surface area (Å²) in [7, 11) is 0. The molecule has 2 rings (SSSR count). The summed E-state index contributed by atoms with van der Waals surface area (Å²) in [6.07, 6.45) is 2.10. The molecule has 0 aromatic carbocycles. The molecule has 1 aliphatic rings. The number of aliphatic hydroxyl groups is 1. The molecule has 1 aromatic heterocycles. The molecule has 106 valence electrons. The zero-order valence-corrected chi connectivity index (χ0v) is 11.6. The standard InChI is InChI=1S/C13H19NO4S/c15-6-7-18-11-1-4-14(5-2-11)9-10-3-8-19-12(10)13(16)17/h3,8,11,15H,1-2,4-7,9H2,(H,16,17). The lowest BCUT2D eigenvalue weighted by Crippen LogP contribution is -2.37. The van der Waals surface area contributed by atoms with Gasteiger partial charge in [-0.05, 0) is 29.9 Å². The lowest BCUT2D eigenvalue weighted by molar-refractivity contribution is -0.00904. The number of ether oxygens (including phenoxy) is 1. The van der Waals surface area contributed by atoms with E-state index in [-0.39, 0.29) is 12.7 Å². The summed E-state index contributed by atoms with van der Waals surface area (Å²) in [5.74, 6) is -0.842. The van der Waals surface area contributed by atoms with E-state index in [2.05, 4.69) is 4.90 Å². The highest BCUT2D eigenvalue weighted by Gasteiger charge is 2.21. The number of piperidine rings is 1. The molecule has 5 nitrogen and oxygen atoms in total. The van der Waals surface area contributed by atoms with Crippen molar-refractivity contribution in [3.05, 3.63) is 21.9 Å². The first-order valence-electron chi connectivity index (χ1n) is 6.45. The van der Waals surface area contributed by atoms with Gasteiger partial charge in [0.05, 0.1) is 19.3 Å². The largest absolute Gasteiger partial charge is 0.477 e. The summed E-state index contributed by atoms with van der Waals surface area (Å²) in [6.45, 7) is 2.98. The Labute approximate surface area is 116 Å². The number of thiophene rings is 1. The Hall–Kier alpha value is -0.950. The van der Waals surface area contributed by atoms with E-state index in [0.717, 1.165) is 31.5 Å². The van der Waals surface area contributed by atoms with Gasteiger partial charge in [-0.25, -0.2) is 4.79 Å². The monoisotopic (exact) mass is 285 g/mol. The summed E-state index contributed by atoms with van der Waals surface area (Å²) in [4.78, 5) is 13.7. The van der Waals surface area contributed by atoms with Crippen LogP contribution >= 0.6 is 11.3 Å². The van der Waals surface area contributed by atoms with Gasteiger partial charge in [0.2, 0.25) is 0 Å². The lowest BCUT2D eigenvalue weighted by Gasteiger charge is -2.31. The van der Waals surface area contributed by atoms with Crippen LogP contribution < -0.4 is 0 Å². The fraction of sp³-hybridized carbons (Fsp3) is 0.615. The molecule has 0 amide bonds. The molecule has 1 aromatic rings. The van der Waals surface area contributed by atoms with Gasteiger partial charge >= 0.3 is 5.97 Å². The van der Waals surface area contributed by atoms with Crippen LogP contribution in [0.4, 0.5) is 0 Å². The fourth-order valence-corrected chi connectivity index (χ4v) is 3.10. The van der Waals surface area contributed by atoms with Crippen LogP contribution in [0.1, 0.15) is 28.1 Å². The highest BCUT2D eigenvalue weighted by molar-refractivity contribution is 7.12. The molecule has 2 N–H and O–H groups in total. The maximum absolute atomic E-state index is 11.0.